The summed E-state index contributed by atoms with van der Waals surface area (Å²) in [6.45, 7) is 7.03. The van der Waals surface area contributed by atoms with E-state index in [0.29, 0.717) is 24.1 Å². The molecule has 0 bridgehead atoms. The summed E-state index contributed by atoms with van der Waals surface area (Å²) < 4.78 is 5.54. The van der Waals surface area contributed by atoms with Crippen molar-refractivity contribution in [2.75, 3.05) is 17.7 Å². The Balaban J connectivity index is 2.11. The van der Waals surface area contributed by atoms with E-state index < -0.39 is 0 Å². The number of nitrogen functional groups attached to an aromatic ring is 1. The number of rotatable bonds is 6. The van der Waals surface area contributed by atoms with Crippen molar-refractivity contribution in [2.45, 2.75) is 33.1 Å². The number of hydrogen-bond acceptors (Lipinski definition) is 4. The molecule has 4 nitrogen and oxygen atoms in total. The number of benzene rings is 1. The number of pyridine rings is 1. The molecule has 0 spiro atoms. The van der Waals surface area contributed by atoms with Gasteiger partial charge in [0, 0.05) is 5.69 Å². The van der Waals surface area contributed by atoms with E-state index in [-0.39, 0.29) is 0 Å². The van der Waals surface area contributed by atoms with E-state index in [1.54, 1.807) is 0 Å². The standard InChI is InChI=1S/C17H23N3O/c1-4-11-21-17-15(18)9-10-16(20-17)19-14-7-5-13(6-8-14)12(2)3/h5-10,12H,4,11,18H2,1-3H3,(H,19,20). The number of nitrogens with one attached hydrogen (secondary N) is 1. The molecule has 0 unspecified atom stereocenters. The number of nitrogens with zero attached hydrogens (tertiary/aromatic N) is 1. The van der Waals surface area contributed by atoms with Crippen LogP contribution in [-0.2, 0) is 0 Å². The van der Waals surface area contributed by atoms with Crippen LogP contribution in [0.5, 0.6) is 5.88 Å². The Hall–Kier alpha value is -2.23. The van der Waals surface area contributed by atoms with Crippen LogP contribution < -0.4 is 15.8 Å². The molecule has 1 heterocycles. The van der Waals surface area contributed by atoms with Crippen LogP contribution in [0.25, 0.3) is 0 Å². The van der Waals surface area contributed by atoms with Crippen molar-refractivity contribution in [3.8, 4) is 5.88 Å². The van der Waals surface area contributed by atoms with Crippen LogP contribution >= 0.6 is 0 Å². The lowest BCUT2D eigenvalue weighted by Gasteiger charge is -2.11. The zero-order valence-electron chi connectivity index (χ0n) is 12.9. The van der Waals surface area contributed by atoms with Gasteiger partial charge in [0.05, 0.1) is 12.3 Å². The second-order valence-electron chi connectivity index (χ2n) is 5.34. The van der Waals surface area contributed by atoms with Crippen LogP contribution in [0.2, 0.25) is 0 Å². The molecule has 0 aliphatic heterocycles. The van der Waals surface area contributed by atoms with Crippen molar-refractivity contribution < 1.29 is 4.74 Å². The first-order valence-electron chi connectivity index (χ1n) is 7.36. The van der Waals surface area contributed by atoms with E-state index in [2.05, 4.69) is 55.3 Å². The molecule has 0 fully saturated rings. The van der Waals surface area contributed by atoms with Gasteiger partial charge in [-0.05, 0) is 42.2 Å². The Bertz CT molecular complexity index is 579. The van der Waals surface area contributed by atoms with Crippen LogP contribution in [0.4, 0.5) is 17.2 Å². The van der Waals surface area contributed by atoms with Gasteiger partial charge in [0.2, 0.25) is 5.88 Å². The zero-order valence-corrected chi connectivity index (χ0v) is 12.9. The third kappa shape index (κ3) is 4.12. The number of nitrogens with two attached hydrogens (primary N) is 1. The van der Waals surface area contributed by atoms with E-state index >= 15 is 0 Å². The molecule has 112 valence electrons. The topological polar surface area (TPSA) is 60.2 Å². The molecule has 21 heavy (non-hydrogen) atoms. The molecule has 3 N–H and O–H groups in total. The fourth-order valence-corrected chi connectivity index (χ4v) is 1.93. The summed E-state index contributed by atoms with van der Waals surface area (Å²) in [7, 11) is 0. The normalized spacial score (nSPS) is 10.7. The maximum absolute atomic E-state index is 5.86. The number of aromatic nitrogens is 1. The van der Waals surface area contributed by atoms with Crippen molar-refractivity contribution in [1.29, 1.82) is 0 Å². The highest BCUT2D eigenvalue weighted by Crippen LogP contribution is 2.24. The van der Waals surface area contributed by atoms with Crippen molar-refractivity contribution in [3.63, 3.8) is 0 Å². The van der Waals surface area contributed by atoms with Gasteiger partial charge in [0.15, 0.2) is 0 Å². The SMILES string of the molecule is CCCOc1nc(Nc2ccc(C(C)C)cc2)ccc1N. The van der Waals surface area contributed by atoms with Gasteiger partial charge in [0.1, 0.15) is 5.82 Å². The first-order chi connectivity index (χ1) is 10.1. The second-order valence-corrected chi connectivity index (χ2v) is 5.34. The van der Waals surface area contributed by atoms with Gasteiger partial charge in [0.25, 0.3) is 0 Å². The van der Waals surface area contributed by atoms with Crippen molar-refractivity contribution in [1.82, 2.24) is 4.98 Å². The largest absolute Gasteiger partial charge is 0.476 e. The average molecular weight is 285 g/mol. The average Bonchev–Trinajstić information content (AvgIpc) is 2.48. The van der Waals surface area contributed by atoms with Crippen molar-refractivity contribution in [2.24, 2.45) is 0 Å². The molecule has 0 atom stereocenters. The van der Waals surface area contributed by atoms with Gasteiger partial charge in [-0.1, -0.05) is 32.9 Å². The fourth-order valence-electron chi connectivity index (χ4n) is 1.93. The summed E-state index contributed by atoms with van der Waals surface area (Å²) in [5.41, 5.74) is 8.74. The quantitative estimate of drug-likeness (QED) is 0.829. The van der Waals surface area contributed by atoms with Crippen LogP contribution in [0.15, 0.2) is 36.4 Å². The lowest BCUT2D eigenvalue weighted by Crippen LogP contribution is -2.03. The highest BCUT2D eigenvalue weighted by atomic mass is 16.5. The van der Waals surface area contributed by atoms with E-state index in [9.17, 15) is 0 Å². The predicted molar refractivity (Wildman–Crippen MR) is 88.2 cm³/mol. The maximum Gasteiger partial charge on any atom is 0.239 e. The fraction of sp³-hybridized carbons (Fsp3) is 0.353. The van der Waals surface area contributed by atoms with E-state index in [1.807, 2.05) is 12.1 Å². The summed E-state index contributed by atoms with van der Waals surface area (Å²) in [4.78, 5) is 4.40. The molecular formula is C17H23N3O. The molecule has 0 saturated carbocycles. The molecule has 0 radical (unpaired) electrons. The molecule has 4 heteroatoms. The highest BCUT2D eigenvalue weighted by molar-refractivity contribution is 5.60. The molecule has 0 aliphatic carbocycles. The summed E-state index contributed by atoms with van der Waals surface area (Å²) in [6, 6.07) is 12.0. The van der Waals surface area contributed by atoms with Gasteiger partial charge >= 0.3 is 0 Å². The Morgan fingerprint density at radius 3 is 2.48 bits per heavy atom. The molecule has 1 aromatic heterocycles. The molecule has 0 amide bonds. The highest BCUT2D eigenvalue weighted by Gasteiger charge is 2.05. The predicted octanol–water partition coefficient (Wildman–Crippen LogP) is 4.32. The number of ether oxygens (including phenoxy) is 1. The molecule has 1 aromatic carbocycles. The summed E-state index contributed by atoms with van der Waals surface area (Å²) in [6.07, 6.45) is 0.926. The minimum absolute atomic E-state index is 0.487. The number of anilines is 3. The van der Waals surface area contributed by atoms with Crippen LogP contribution in [0.3, 0.4) is 0 Å². The maximum atomic E-state index is 5.86. The molecule has 0 aliphatic rings. The minimum atomic E-state index is 0.487. The Labute approximate surface area is 126 Å². The Morgan fingerprint density at radius 2 is 1.86 bits per heavy atom. The number of hydrogen-bond donors (Lipinski definition) is 2. The molecule has 2 rings (SSSR count). The van der Waals surface area contributed by atoms with E-state index in [0.717, 1.165) is 17.9 Å². The van der Waals surface area contributed by atoms with E-state index in [4.69, 9.17) is 10.5 Å². The lowest BCUT2D eigenvalue weighted by atomic mass is 10.0. The minimum Gasteiger partial charge on any atom is -0.476 e. The van der Waals surface area contributed by atoms with Crippen molar-refractivity contribution >= 4 is 17.2 Å². The van der Waals surface area contributed by atoms with Crippen LogP contribution in [0.1, 0.15) is 38.7 Å². The zero-order chi connectivity index (χ0) is 15.2. The summed E-state index contributed by atoms with van der Waals surface area (Å²) >= 11 is 0. The smallest absolute Gasteiger partial charge is 0.239 e. The monoisotopic (exact) mass is 285 g/mol. The lowest BCUT2D eigenvalue weighted by molar-refractivity contribution is 0.307. The van der Waals surface area contributed by atoms with E-state index in [1.165, 1.54) is 5.56 Å². The second kappa shape index (κ2) is 6.97. The van der Waals surface area contributed by atoms with Gasteiger partial charge < -0.3 is 15.8 Å². The first-order valence-corrected chi connectivity index (χ1v) is 7.36. The molecule has 0 saturated heterocycles. The van der Waals surface area contributed by atoms with Gasteiger partial charge in [-0.3, -0.25) is 0 Å². The van der Waals surface area contributed by atoms with Gasteiger partial charge in [-0.15, -0.1) is 0 Å². The summed E-state index contributed by atoms with van der Waals surface area (Å²) in [5.74, 6) is 1.75. The van der Waals surface area contributed by atoms with Crippen LogP contribution in [0, 0.1) is 0 Å². The summed E-state index contributed by atoms with van der Waals surface area (Å²) in [5, 5.41) is 3.27. The third-order valence-corrected chi connectivity index (χ3v) is 3.18. The Morgan fingerprint density at radius 1 is 1.14 bits per heavy atom. The van der Waals surface area contributed by atoms with Crippen molar-refractivity contribution in [3.05, 3.63) is 42.0 Å². The van der Waals surface area contributed by atoms with Gasteiger partial charge in [-0.25, -0.2) is 0 Å². The third-order valence-electron chi connectivity index (χ3n) is 3.18. The van der Waals surface area contributed by atoms with Gasteiger partial charge in [-0.2, -0.15) is 4.98 Å². The molecule has 2 aromatic rings. The first kappa shape index (κ1) is 15.2. The Kier molecular flexibility index (Phi) is 5.04. The molecular weight excluding hydrogens is 262 g/mol. The van der Waals surface area contributed by atoms with Crippen LogP contribution in [-0.4, -0.2) is 11.6 Å².